The predicted octanol–water partition coefficient (Wildman–Crippen LogP) is 2.22. The molecule has 18 heavy (non-hydrogen) atoms. The van der Waals surface area contributed by atoms with Gasteiger partial charge in [0, 0.05) is 26.2 Å². The highest BCUT2D eigenvalue weighted by molar-refractivity contribution is 5.31. The van der Waals surface area contributed by atoms with Crippen molar-refractivity contribution >= 4 is 0 Å². The van der Waals surface area contributed by atoms with Crippen molar-refractivity contribution < 1.29 is 4.74 Å². The maximum atomic E-state index is 5.47. The standard InChI is InChI=1S/C15H22N2O/c1-3-15(17-11-9-16-10-12-17)13-5-7-14(8-6-13)18-4-2/h3,5-8,15-16H,1,4,9-12H2,2H3/t15-/m1/s1. The summed E-state index contributed by atoms with van der Waals surface area (Å²) in [6, 6.07) is 8.66. The summed E-state index contributed by atoms with van der Waals surface area (Å²) in [7, 11) is 0. The molecule has 0 unspecified atom stereocenters. The molecule has 3 heteroatoms. The second-order valence-electron chi connectivity index (χ2n) is 4.47. The lowest BCUT2D eigenvalue weighted by atomic mass is 10.0. The molecule has 0 aliphatic carbocycles. The SMILES string of the molecule is C=C[C@H](c1ccc(OCC)cc1)N1CCNCC1. The lowest BCUT2D eigenvalue weighted by Gasteiger charge is -2.33. The van der Waals surface area contributed by atoms with Crippen molar-refractivity contribution in [2.45, 2.75) is 13.0 Å². The molecular weight excluding hydrogens is 224 g/mol. The van der Waals surface area contributed by atoms with E-state index in [1.165, 1.54) is 5.56 Å². The van der Waals surface area contributed by atoms with Crippen molar-refractivity contribution in [1.82, 2.24) is 10.2 Å². The van der Waals surface area contributed by atoms with Crippen LogP contribution in [0.2, 0.25) is 0 Å². The van der Waals surface area contributed by atoms with E-state index in [-0.39, 0.29) is 0 Å². The minimum atomic E-state index is 0.308. The normalized spacial score (nSPS) is 18.3. The Morgan fingerprint density at radius 3 is 2.56 bits per heavy atom. The molecule has 98 valence electrons. The first-order chi connectivity index (χ1) is 8.85. The molecule has 0 aromatic heterocycles. The number of benzene rings is 1. The van der Waals surface area contributed by atoms with Gasteiger partial charge in [-0.3, -0.25) is 4.90 Å². The number of rotatable bonds is 5. The molecule has 2 rings (SSSR count). The summed E-state index contributed by atoms with van der Waals surface area (Å²) in [5.41, 5.74) is 1.29. The van der Waals surface area contributed by atoms with Gasteiger partial charge in [0.25, 0.3) is 0 Å². The molecule has 1 saturated heterocycles. The van der Waals surface area contributed by atoms with Crippen LogP contribution in [0.5, 0.6) is 5.75 Å². The number of hydrogen-bond acceptors (Lipinski definition) is 3. The highest BCUT2D eigenvalue weighted by Crippen LogP contribution is 2.24. The van der Waals surface area contributed by atoms with Gasteiger partial charge in [-0.05, 0) is 24.6 Å². The predicted molar refractivity (Wildman–Crippen MR) is 75.0 cm³/mol. The van der Waals surface area contributed by atoms with E-state index in [2.05, 4.69) is 28.9 Å². The third-order valence-corrected chi connectivity index (χ3v) is 3.30. The minimum absolute atomic E-state index is 0.308. The van der Waals surface area contributed by atoms with Gasteiger partial charge in [0.15, 0.2) is 0 Å². The van der Waals surface area contributed by atoms with Crippen molar-refractivity contribution in [3.05, 3.63) is 42.5 Å². The van der Waals surface area contributed by atoms with Crippen LogP contribution >= 0.6 is 0 Å². The van der Waals surface area contributed by atoms with E-state index < -0.39 is 0 Å². The summed E-state index contributed by atoms with van der Waals surface area (Å²) in [4.78, 5) is 2.46. The second kappa shape index (κ2) is 6.57. The van der Waals surface area contributed by atoms with Crippen molar-refractivity contribution in [1.29, 1.82) is 0 Å². The van der Waals surface area contributed by atoms with E-state index in [1.54, 1.807) is 0 Å². The van der Waals surface area contributed by atoms with Gasteiger partial charge in [0.05, 0.1) is 12.6 Å². The monoisotopic (exact) mass is 246 g/mol. The van der Waals surface area contributed by atoms with Crippen molar-refractivity contribution in [3.8, 4) is 5.75 Å². The maximum absolute atomic E-state index is 5.47. The fourth-order valence-electron chi connectivity index (χ4n) is 2.38. The second-order valence-corrected chi connectivity index (χ2v) is 4.47. The van der Waals surface area contributed by atoms with Gasteiger partial charge in [-0.15, -0.1) is 6.58 Å². The van der Waals surface area contributed by atoms with E-state index in [1.807, 2.05) is 25.1 Å². The molecule has 0 amide bonds. The van der Waals surface area contributed by atoms with E-state index in [0.717, 1.165) is 31.9 Å². The van der Waals surface area contributed by atoms with Gasteiger partial charge in [0.2, 0.25) is 0 Å². The molecule has 1 heterocycles. The molecule has 3 nitrogen and oxygen atoms in total. The van der Waals surface area contributed by atoms with Crippen LogP contribution in [0, 0.1) is 0 Å². The Hall–Kier alpha value is -1.32. The Balaban J connectivity index is 2.08. The smallest absolute Gasteiger partial charge is 0.119 e. The van der Waals surface area contributed by atoms with Gasteiger partial charge in [-0.25, -0.2) is 0 Å². The molecule has 1 aliphatic heterocycles. The first kappa shape index (κ1) is 13.1. The molecule has 1 fully saturated rings. The number of nitrogens with zero attached hydrogens (tertiary/aromatic N) is 1. The molecule has 0 saturated carbocycles. The molecular formula is C15H22N2O. The zero-order valence-corrected chi connectivity index (χ0v) is 11.1. The zero-order valence-electron chi connectivity index (χ0n) is 11.1. The Morgan fingerprint density at radius 1 is 1.33 bits per heavy atom. The highest BCUT2D eigenvalue weighted by atomic mass is 16.5. The summed E-state index contributed by atoms with van der Waals surface area (Å²) in [5.74, 6) is 0.935. The Bertz CT molecular complexity index is 369. The molecule has 1 atom stereocenters. The third kappa shape index (κ3) is 3.12. The number of ether oxygens (including phenoxy) is 1. The minimum Gasteiger partial charge on any atom is -0.494 e. The van der Waals surface area contributed by atoms with Crippen molar-refractivity contribution in [2.75, 3.05) is 32.8 Å². The van der Waals surface area contributed by atoms with Gasteiger partial charge in [0.1, 0.15) is 5.75 Å². The Kier molecular flexibility index (Phi) is 4.79. The van der Waals surface area contributed by atoms with Crippen molar-refractivity contribution in [2.24, 2.45) is 0 Å². The molecule has 0 spiro atoms. The molecule has 0 bridgehead atoms. The van der Waals surface area contributed by atoms with Crippen LogP contribution in [0.15, 0.2) is 36.9 Å². The van der Waals surface area contributed by atoms with Gasteiger partial charge < -0.3 is 10.1 Å². The van der Waals surface area contributed by atoms with E-state index in [0.29, 0.717) is 12.6 Å². The Morgan fingerprint density at radius 2 is 2.00 bits per heavy atom. The largest absolute Gasteiger partial charge is 0.494 e. The van der Waals surface area contributed by atoms with Gasteiger partial charge in [-0.1, -0.05) is 18.2 Å². The average Bonchev–Trinajstić information content (AvgIpc) is 2.43. The fraction of sp³-hybridized carbons (Fsp3) is 0.467. The van der Waals surface area contributed by atoms with Crippen LogP contribution in [-0.2, 0) is 0 Å². The van der Waals surface area contributed by atoms with Crippen molar-refractivity contribution in [3.63, 3.8) is 0 Å². The topological polar surface area (TPSA) is 24.5 Å². The average molecular weight is 246 g/mol. The van der Waals surface area contributed by atoms with Crippen LogP contribution in [0.25, 0.3) is 0 Å². The number of hydrogen-bond donors (Lipinski definition) is 1. The first-order valence-corrected chi connectivity index (χ1v) is 6.65. The van der Waals surface area contributed by atoms with Crippen LogP contribution in [0.1, 0.15) is 18.5 Å². The molecule has 0 radical (unpaired) electrons. The van der Waals surface area contributed by atoms with Gasteiger partial charge >= 0.3 is 0 Å². The quantitative estimate of drug-likeness (QED) is 0.806. The molecule has 1 N–H and O–H groups in total. The van der Waals surface area contributed by atoms with E-state index in [9.17, 15) is 0 Å². The molecule has 1 aromatic carbocycles. The van der Waals surface area contributed by atoms with E-state index in [4.69, 9.17) is 4.74 Å². The summed E-state index contributed by atoms with van der Waals surface area (Å²) in [6.07, 6.45) is 2.03. The number of piperazine rings is 1. The van der Waals surface area contributed by atoms with Crippen LogP contribution in [0.3, 0.4) is 0 Å². The molecule has 1 aliphatic rings. The lowest BCUT2D eigenvalue weighted by molar-refractivity contribution is 0.203. The summed E-state index contributed by atoms with van der Waals surface area (Å²) in [5, 5.41) is 3.38. The fourth-order valence-corrected chi connectivity index (χ4v) is 2.38. The van der Waals surface area contributed by atoms with Crippen LogP contribution in [-0.4, -0.2) is 37.7 Å². The molecule has 1 aromatic rings. The number of nitrogens with one attached hydrogen (secondary N) is 1. The highest BCUT2D eigenvalue weighted by Gasteiger charge is 2.19. The van der Waals surface area contributed by atoms with Crippen LogP contribution < -0.4 is 10.1 Å². The lowest BCUT2D eigenvalue weighted by Crippen LogP contribution is -2.44. The summed E-state index contributed by atoms with van der Waals surface area (Å²) >= 11 is 0. The first-order valence-electron chi connectivity index (χ1n) is 6.65. The zero-order chi connectivity index (χ0) is 12.8. The van der Waals surface area contributed by atoms with Gasteiger partial charge in [-0.2, -0.15) is 0 Å². The Labute approximate surface area is 109 Å². The summed E-state index contributed by atoms with van der Waals surface area (Å²) < 4.78 is 5.47. The van der Waals surface area contributed by atoms with Crippen LogP contribution in [0.4, 0.5) is 0 Å². The maximum Gasteiger partial charge on any atom is 0.119 e. The summed E-state index contributed by atoms with van der Waals surface area (Å²) in [6.45, 7) is 11.0. The third-order valence-electron chi connectivity index (χ3n) is 3.30. The van der Waals surface area contributed by atoms with E-state index >= 15 is 0 Å².